The molecule has 21 heavy (non-hydrogen) atoms. The molecule has 0 aliphatic carbocycles. The molecular formula is C14H25N3O4. The average molecular weight is 299 g/mol. The SMILES string of the molecule is COC(=O)C1(N2CCNCC2)CN(C(=O)OC(C)(C)C)C1. The van der Waals surface area contributed by atoms with Gasteiger partial charge >= 0.3 is 12.1 Å². The molecule has 0 bridgehead atoms. The van der Waals surface area contributed by atoms with Crippen molar-refractivity contribution in [2.24, 2.45) is 0 Å². The summed E-state index contributed by atoms with van der Waals surface area (Å²) in [5.74, 6) is -0.274. The van der Waals surface area contributed by atoms with Gasteiger partial charge in [-0.05, 0) is 20.8 Å². The number of carbonyl (C=O) groups is 2. The maximum atomic E-state index is 12.2. The van der Waals surface area contributed by atoms with E-state index >= 15 is 0 Å². The molecule has 0 unspecified atom stereocenters. The molecule has 1 N–H and O–H groups in total. The van der Waals surface area contributed by atoms with Crippen LogP contribution in [0, 0.1) is 0 Å². The number of nitrogens with one attached hydrogen (secondary N) is 1. The highest BCUT2D eigenvalue weighted by Gasteiger charge is 2.56. The minimum atomic E-state index is -0.715. The van der Waals surface area contributed by atoms with Crippen molar-refractivity contribution in [3.8, 4) is 0 Å². The maximum Gasteiger partial charge on any atom is 0.410 e. The number of hydrogen-bond donors (Lipinski definition) is 1. The van der Waals surface area contributed by atoms with Gasteiger partial charge in [-0.15, -0.1) is 0 Å². The Morgan fingerprint density at radius 2 is 1.71 bits per heavy atom. The first-order chi connectivity index (χ1) is 9.78. The zero-order valence-corrected chi connectivity index (χ0v) is 13.3. The average Bonchev–Trinajstić information content (AvgIpc) is 2.36. The van der Waals surface area contributed by atoms with Gasteiger partial charge in [0.15, 0.2) is 5.54 Å². The van der Waals surface area contributed by atoms with Gasteiger partial charge in [0.2, 0.25) is 0 Å². The molecule has 2 rings (SSSR count). The number of ether oxygens (including phenoxy) is 2. The smallest absolute Gasteiger partial charge is 0.410 e. The van der Waals surface area contributed by atoms with Crippen molar-refractivity contribution >= 4 is 12.1 Å². The molecule has 2 fully saturated rings. The predicted octanol–water partition coefficient (Wildman–Crippen LogP) is 0.0541. The number of likely N-dealkylation sites (tertiary alicyclic amines) is 1. The molecule has 1 amide bonds. The fourth-order valence-electron chi connectivity index (χ4n) is 2.78. The van der Waals surface area contributed by atoms with Crippen LogP contribution in [-0.4, -0.2) is 79.4 Å². The second-order valence-electron chi connectivity index (χ2n) is 6.60. The van der Waals surface area contributed by atoms with E-state index in [9.17, 15) is 9.59 Å². The number of piperazine rings is 1. The number of esters is 1. The summed E-state index contributed by atoms with van der Waals surface area (Å²) < 4.78 is 10.3. The number of amides is 1. The van der Waals surface area contributed by atoms with Crippen molar-refractivity contribution < 1.29 is 19.1 Å². The van der Waals surface area contributed by atoms with E-state index in [-0.39, 0.29) is 12.1 Å². The van der Waals surface area contributed by atoms with Crippen LogP contribution in [0.15, 0.2) is 0 Å². The van der Waals surface area contributed by atoms with E-state index < -0.39 is 11.1 Å². The predicted molar refractivity (Wildman–Crippen MR) is 77.0 cm³/mol. The highest BCUT2D eigenvalue weighted by molar-refractivity contribution is 5.86. The lowest BCUT2D eigenvalue weighted by molar-refractivity contribution is -0.168. The summed E-state index contributed by atoms with van der Waals surface area (Å²) in [6, 6.07) is 0. The number of methoxy groups -OCH3 is 1. The summed E-state index contributed by atoms with van der Waals surface area (Å²) in [7, 11) is 1.39. The Balaban J connectivity index is 2.02. The minimum absolute atomic E-state index is 0.274. The first-order valence-electron chi connectivity index (χ1n) is 7.31. The molecular weight excluding hydrogens is 274 g/mol. The van der Waals surface area contributed by atoms with E-state index in [1.807, 2.05) is 20.8 Å². The molecule has 0 aromatic carbocycles. The normalized spacial score (nSPS) is 22.4. The quantitative estimate of drug-likeness (QED) is 0.727. The summed E-state index contributed by atoms with van der Waals surface area (Å²) in [6.45, 7) is 9.37. The fourth-order valence-corrected chi connectivity index (χ4v) is 2.78. The summed E-state index contributed by atoms with van der Waals surface area (Å²) >= 11 is 0. The third-order valence-corrected chi connectivity index (χ3v) is 3.84. The number of carbonyl (C=O) groups excluding carboxylic acids is 2. The van der Waals surface area contributed by atoms with Crippen molar-refractivity contribution in [1.29, 1.82) is 0 Å². The largest absolute Gasteiger partial charge is 0.468 e. The topological polar surface area (TPSA) is 71.1 Å². The van der Waals surface area contributed by atoms with Crippen molar-refractivity contribution in [3.05, 3.63) is 0 Å². The number of rotatable bonds is 2. The summed E-state index contributed by atoms with van der Waals surface area (Å²) in [4.78, 5) is 27.9. The van der Waals surface area contributed by atoms with Crippen LogP contribution < -0.4 is 5.32 Å². The lowest BCUT2D eigenvalue weighted by atomic mass is 9.87. The van der Waals surface area contributed by atoms with Gasteiger partial charge in [0.05, 0.1) is 20.2 Å². The van der Waals surface area contributed by atoms with Crippen LogP contribution in [0.3, 0.4) is 0 Å². The van der Waals surface area contributed by atoms with Gasteiger partial charge in [-0.3, -0.25) is 4.90 Å². The van der Waals surface area contributed by atoms with Crippen molar-refractivity contribution in [2.75, 3.05) is 46.4 Å². The molecule has 0 radical (unpaired) electrons. The van der Waals surface area contributed by atoms with E-state index in [0.717, 1.165) is 26.2 Å². The van der Waals surface area contributed by atoms with Crippen molar-refractivity contribution in [2.45, 2.75) is 31.9 Å². The third kappa shape index (κ3) is 3.29. The van der Waals surface area contributed by atoms with Crippen LogP contribution in [0.25, 0.3) is 0 Å². The molecule has 120 valence electrons. The molecule has 2 saturated heterocycles. The zero-order chi connectivity index (χ0) is 15.7. The monoisotopic (exact) mass is 299 g/mol. The maximum absolute atomic E-state index is 12.2. The Bertz CT molecular complexity index is 407. The van der Waals surface area contributed by atoms with Gasteiger partial charge in [0.25, 0.3) is 0 Å². The van der Waals surface area contributed by atoms with Crippen LogP contribution in [0.1, 0.15) is 20.8 Å². The molecule has 2 aliphatic heterocycles. The van der Waals surface area contributed by atoms with E-state index in [4.69, 9.17) is 9.47 Å². The molecule has 0 spiro atoms. The molecule has 2 aliphatic rings. The first-order valence-corrected chi connectivity index (χ1v) is 7.31. The standard InChI is InChI=1S/C14H25N3O4/c1-13(2,3)21-12(19)16-9-14(10-16,11(18)20-4)17-7-5-15-6-8-17/h15H,5-10H2,1-4H3. The van der Waals surface area contributed by atoms with E-state index in [0.29, 0.717) is 13.1 Å². The Labute approximate surface area is 125 Å². The van der Waals surface area contributed by atoms with Gasteiger partial charge in [0, 0.05) is 26.2 Å². The lowest BCUT2D eigenvalue weighted by Crippen LogP contribution is -2.77. The van der Waals surface area contributed by atoms with Crippen molar-refractivity contribution in [3.63, 3.8) is 0 Å². The number of nitrogens with zero attached hydrogens (tertiary/aromatic N) is 2. The lowest BCUT2D eigenvalue weighted by Gasteiger charge is -2.54. The van der Waals surface area contributed by atoms with Crippen LogP contribution in [0.4, 0.5) is 4.79 Å². The summed E-state index contributed by atoms with van der Waals surface area (Å²) in [6.07, 6.45) is -0.378. The van der Waals surface area contributed by atoms with Crippen LogP contribution in [0.5, 0.6) is 0 Å². The van der Waals surface area contributed by atoms with Crippen molar-refractivity contribution in [1.82, 2.24) is 15.1 Å². The van der Waals surface area contributed by atoms with Crippen LogP contribution in [-0.2, 0) is 14.3 Å². The Morgan fingerprint density at radius 3 is 2.19 bits per heavy atom. The summed E-state index contributed by atoms with van der Waals surface area (Å²) in [5.41, 5.74) is -1.25. The Morgan fingerprint density at radius 1 is 1.14 bits per heavy atom. The van der Waals surface area contributed by atoms with Crippen LogP contribution in [0.2, 0.25) is 0 Å². The van der Waals surface area contributed by atoms with Gasteiger partial charge in [-0.25, -0.2) is 9.59 Å². The zero-order valence-electron chi connectivity index (χ0n) is 13.3. The fraction of sp³-hybridized carbons (Fsp3) is 0.857. The molecule has 2 heterocycles. The molecule has 0 atom stereocenters. The number of hydrogen-bond acceptors (Lipinski definition) is 6. The molecule has 0 aromatic rings. The molecule has 7 nitrogen and oxygen atoms in total. The van der Waals surface area contributed by atoms with E-state index in [1.54, 1.807) is 4.90 Å². The minimum Gasteiger partial charge on any atom is -0.468 e. The van der Waals surface area contributed by atoms with Gasteiger partial charge in [0.1, 0.15) is 5.60 Å². The first kappa shape index (κ1) is 16.0. The second kappa shape index (κ2) is 5.81. The third-order valence-electron chi connectivity index (χ3n) is 3.84. The molecule has 7 heteroatoms. The van der Waals surface area contributed by atoms with Gasteiger partial charge in [-0.2, -0.15) is 0 Å². The highest BCUT2D eigenvalue weighted by atomic mass is 16.6. The second-order valence-corrected chi connectivity index (χ2v) is 6.60. The van der Waals surface area contributed by atoms with E-state index in [2.05, 4.69) is 10.2 Å². The Kier molecular flexibility index (Phi) is 4.43. The highest BCUT2D eigenvalue weighted by Crippen LogP contribution is 2.31. The van der Waals surface area contributed by atoms with Crippen LogP contribution >= 0.6 is 0 Å². The molecule has 0 aromatic heterocycles. The Hall–Kier alpha value is -1.34. The van der Waals surface area contributed by atoms with Gasteiger partial charge in [-0.1, -0.05) is 0 Å². The van der Waals surface area contributed by atoms with Gasteiger partial charge < -0.3 is 19.7 Å². The summed E-state index contributed by atoms with van der Waals surface area (Å²) in [5, 5.41) is 3.26. The molecule has 0 saturated carbocycles. The van der Waals surface area contributed by atoms with E-state index in [1.165, 1.54) is 7.11 Å².